The second-order valence-electron chi connectivity index (χ2n) is 33.4. The Balaban J connectivity index is -0.000000242. The predicted molar refractivity (Wildman–Crippen MR) is 423 cm³/mol. The normalized spacial score (nSPS) is 30.8. The van der Waals surface area contributed by atoms with E-state index < -0.39 is 46.9 Å². The molecule has 18 aliphatic rings. The van der Waals surface area contributed by atoms with Crippen molar-refractivity contribution in [2.75, 3.05) is 236 Å². The Morgan fingerprint density at radius 3 is 0.258 bits per heavy atom. The molecule has 2 aromatic carbocycles. The molecule has 68 heteroatoms. The number of rotatable bonds is 12. The van der Waals surface area contributed by atoms with Gasteiger partial charge in [-0.2, -0.15) is 0 Å². The quantitative estimate of drug-likeness (QED) is 0.113. The molecule has 26 nitrogen and oxygen atoms in total. The maximum atomic E-state index is 9.87. The van der Waals surface area contributed by atoms with Gasteiger partial charge in [-0.05, 0) is 74.9 Å². The standard InChI is InChI=1S/2C30H51N6.6F6P.14H2O/c2*1-25-28(22-34-13-4-31(5-14-34)6-15-34)26(2)30(24-36-19-10-33(11-20-36)12-21-36)27(3)29(25)23-35-16-7-32(8-17-35)9-18-35;6*1-7(2,3,4,5)6;;;;;;;;;;;;;;/h2*4-24H2,1-3H3;;;;;;;14*1H2/q2*+3;6*-1;;;;;;;;;;;;;;. The molecule has 0 atom stereocenters. The van der Waals surface area contributed by atoms with Gasteiger partial charge >= 0.3 is 198 Å². The molecule has 0 spiro atoms. The predicted octanol–water partition coefficient (Wildman–Crippen LogP) is 11.8. The van der Waals surface area contributed by atoms with Crippen LogP contribution in [0.15, 0.2) is 0 Å². The maximum Gasteiger partial charge on any atom is -0.412 e. The van der Waals surface area contributed by atoms with E-state index in [4.69, 9.17) is 0 Å². The minimum atomic E-state index is -10.7. The Kier molecular flexibility index (Phi) is 43.3. The van der Waals surface area contributed by atoms with Crippen LogP contribution in [-0.2, 0) is 39.3 Å². The van der Waals surface area contributed by atoms with Gasteiger partial charge < -0.3 is 104 Å². The molecule has 18 heterocycles. The van der Waals surface area contributed by atoms with Crippen LogP contribution in [0.3, 0.4) is 0 Å². The van der Waals surface area contributed by atoms with Crippen LogP contribution in [0.25, 0.3) is 0 Å². The van der Waals surface area contributed by atoms with Crippen molar-refractivity contribution in [1.82, 2.24) is 29.4 Å². The van der Waals surface area contributed by atoms with Crippen molar-refractivity contribution in [3.05, 3.63) is 66.8 Å². The van der Waals surface area contributed by atoms with E-state index in [0.717, 1.165) is 0 Å². The SMILES string of the molecule is Cc1c(C[N+]23CCN(CC2)CC3)c(C)c(C[N+]23CCN(CC2)CC3)c(C)c1C[N+]12CCN(CC1)CC2.Cc1c(C[N+]23CCN(CC2)CC3)c(C)c(C[N+]23CCN(CC2)CC3)c(C)c1C[N+]12CCN(CC1)CC2.F[P-](F)(F)(F)(F)F.F[P-](F)(F)(F)(F)F.F[P-](F)(F)(F)(F)F.F[P-](F)(F)(F)(F)F.F[P-](F)(F)(F)(F)F.F[P-](F)(F)(F)(F)F.O.O.O.O.O.O.O.O.O.O.O.O.O.O. The second kappa shape index (κ2) is 39.4. The summed E-state index contributed by atoms with van der Waals surface area (Å²) in [5, 5.41) is 0. The summed E-state index contributed by atoms with van der Waals surface area (Å²) in [7, 11) is -63.9. The number of fused-ring (bicyclic) bond motifs is 18. The van der Waals surface area contributed by atoms with Crippen molar-refractivity contribution in [1.29, 1.82) is 0 Å². The number of piperazine rings is 18. The molecule has 0 aliphatic carbocycles. The topological polar surface area (TPSA) is 460 Å². The molecule has 2 aromatic rings. The Morgan fingerprint density at radius 1 is 0.148 bits per heavy atom. The largest absolute Gasteiger partial charge is 0.412 e. The van der Waals surface area contributed by atoms with Crippen LogP contribution in [0.2, 0.25) is 0 Å². The Labute approximate surface area is 712 Å². The fourth-order valence-electron chi connectivity index (χ4n) is 18.0. The summed E-state index contributed by atoms with van der Waals surface area (Å²) in [5.74, 6) is 0. The first-order chi connectivity index (χ1) is 49.4. The van der Waals surface area contributed by atoms with Gasteiger partial charge in [-0.1, -0.05) is 0 Å². The van der Waals surface area contributed by atoms with Crippen LogP contribution in [0.4, 0.5) is 151 Å². The molecule has 20 rings (SSSR count). The summed E-state index contributed by atoms with van der Waals surface area (Å²) in [5.41, 5.74) is 20.6. The first-order valence-electron chi connectivity index (χ1n) is 36.5. The van der Waals surface area contributed by atoms with Gasteiger partial charge in [-0.25, -0.2) is 0 Å². The molecule has 18 aliphatic heterocycles. The molecule has 796 valence electrons. The van der Waals surface area contributed by atoms with E-state index in [1.807, 2.05) is 0 Å². The molecule has 0 amide bonds. The Bertz CT molecular complexity index is 3060. The number of hydrogen-bond acceptors (Lipinski definition) is 6. The molecule has 18 saturated heterocycles. The van der Waals surface area contributed by atoms with Crippen molar-refractivity contribution in [3.8, 4) is 0 Å². The van der Waals surface area contributed by atoms with Gasteiger partial charge in [0.25, 0.3) is 0 Å². The van der Waals surface area contributed by atoms with Crippen LogP contribution in [-0.4, -0.2) is 369 Å². The monoisotopic (exact) mass is 2110 g/mol. The zero-order valence-electron chi connectivity index (χ0n) is 70.4. The summed E-state index contributed by atoms with van der Waals surface area (Å²) in [6, 6.07) is 0. The maximum absolute atomic E-state index is 10.7. The van der Waals surface area contributed by atoms with Gasteiger partial charge in [-0.15, -0.1) is 0 Å². The fraction of sp³-hybridized carbons (Fsp3) is 0.800. The zero-order chi connectivity index (χ0) is 87.5. The smallest absolute Gasteiger partial charge is 0.412 e. The van der Waals surface area contributed by atoms with E-state index in [2.05, 4.69) is 70.9 Å². The molecule has 0 saturated carbocycles. The zero-order valence-corrected chi connectivity index (χ0v) is 75.7. The molecular weight excluding hydrogens is 1980 g/mol. The third-order valence-corrected chi connectivity index (χ3v) is 24.4. The molecule has 0 aromatic heterocycles. The molecule has 12 bridgehead atoms. The summed E-state index contributed by atoms with van der Waals surface area (Å²) in [6.45, 7) is 71.1. The minimum Gasteiger partial charge on any atom is -0.412 e. The van der Waals surface area contributed by atoms with E-state index in [1.54, 1.807) is 66.8 Å². The van der Waals surface area contributed by atoms with Gasteiger partial charge in [0.2, 0.25) is 0 Å². The van der Waals surface area contributed by atoms with E-state index in [9.17, 15) is 151 Å². The summed E-state index contributed by atoms with van der Waals surface area (Å²) >= 11 is 0. The second-order valence-corrected chi connectivity index (χ2v) is 44.9. The third-order valence-electron chi connectivity index (χ3n) is 24.4. The number of quaternary nitrogens is 6. The van der Waals surface area contributed by atoms with Crippen LogP contribution in [0.5, 0.6) is 0 Å². The fourth-order valence-corrected chi connectivity index (χ4v) is 18.0. The average Bonchev–Trinajstić information content (AvgIpc) is 0.746. The van der Waals surface area contributed by atoms with Crippen LogP contribution in [0, 0.1) is 41.5 Å². The van der Waals surface area contributed by atoms with Crippen molar-refractivity contribution in [2.24, 2.45) is 0 Å². The molecule has 28 N–H and O–H groups in total. The van der Waals surface area contributed by atoms with Gasteiger partial charge in [0.1, 0.15) is 39.3 Å². The van der Waals surface area contributed by atoms with E-state index in [0.29, 0.717) is 0 Å². The van der Waals surface area contributed by atoms with Gasteiger partial charge in [0, 0.05) is 151 Å². The van der Waals surface area contributed by atoms with Crippen molar-refractivity contribution in [2.45, 2.75) is 80.8 Å². The first kappa shape index (κ1) is 141. The summed E-state index contributed by atoms with van der Waals surface area (Å²) in [4.78, 5) is 16.2. The molecule has 128 heavy (non-hydrogen) atoms. The summed E-state index contributed by atoms with van der Waals surface area (Å²) in [6.07, 6.45) is 0. The Hall–Kier alpha value is -2.54. The number of nitrogens with zero attached hydrogens (tertiary/aromatic N) is 12. The Morgan fingerprint density at radius 2 is 0.203 bits per heavy atom. The molecule has 0 radical (unpaired) electrons. The van der Waals surface area contributed by atoms with Crippen LogP contribution < -0.4 is 0 Å². The minimum absolute atomic E-state index is 0. The van der Waals surface area contributed by atoms with Crippen molar-refractivity contribution < 1.29 is 255 Å². The third kappa shape index (κ3) is 55.0. The van der Waals surface area contributed by atoms with E-state index in [1.165, 1.54) is 302 Å². The van der Waals surface area contributed by atoms with Gasteiger partial charge in [-0.3, -0.25) is 29.4 Å². The van der Waals surface area contributed by atoms with Gasteiger partial charge in [0.05, 0.1) is 118 Å². The molecule has 18 fully saturated rings. The van der Waals surface area contributed by atoms with Crippen molar-refractivity contribution >= 4 is 46.9 Å². The van der Waals surface area contributed by atoms with Crippen LogP contribution in [0.1, 0.15) is 66.8 Å². The number of benzene rings is 2. The molecule has 0 unspecified atom stereocenters. The van der Waals surface area contributed by atoms with Gasteiger partial charge in [0.15, 0.2) is 0 Å². The van der Waals surface area contributed by atoms with Crippen LogP contribution >= 0.6 is 46.9 Å². The number of hydrogen-bond donors (Lipinski definition) is 0. The summed E-state index contributed by atoms with van der Waals surface area (Å²) < 4.78 is 363. The van der Waals surface area contributed by atoms with Crippen molar-refractivity contribution in [3.63, 3.8) is 0 Å². The first-order valence-corrected chi connectivity index (χ1v) is 48.7. The number of halogens is 36. The molecular formula is C60H130F36N12O14P6. The average molecular weight is 2110 g/mol. The van der Waals surface area contributed by atoms with E-state index >= 15 is 0 Å². The van der Waals surface area contributed by atoms with E-state index in [-0.39, 0.29) is 76.7 Å².